The van der Waals surface area contributed by atoms with Gasteiger partial charge in [0.05, 0.1) is 5.41 Å². The largest absolute Gasteiger partial charge is 0.0843 e. The zero-order valence-corrected chi connectivity index (χ0v) is 18.3. The molecule has 144 valence electrons. The number of hydrogen-bond donors (Lipinski definition) is 0. The minimum atomic E-state index is -0.593. The Morgan fingerprint density at radius 2 is 0.483 bits per heavy atom. The van der Waals surface area contributed by atoms with Crippen molar-refractivity contribution in [3.05, 3.63) is 139 Å². The quantitative estimate of drug-likeness (QED) is 0.269. The van der Waals surface area contributed by atoms with Crippen LogP contribution in [0.3, 0.4) is 0 Å². The molecule has 0 N–H and O–H groups in total. The van der Waals surface area contributed by atoms with Crippen molar-refractivity contribution in [3.8, 4) is 0 Å². The second-order valence-electron chi connectivity index (χ2n) is 6.78. The summed E-state index contributed by atoms with van der Waals surface area (Å²) in [6.45, 7) is 0. The molecule has 0 radical (unpaired) electrons. The molecule has 0 atom stereocenters. The van der Waals surface area contributed by atoms with Crippen molar-refractivity contribution in [1.82, 2.24) is 0 Å². The van der Waals surface area contributed by atoms with E-state index >= 15 is 0 Å². The molecule has 0 unspecified atom stereocenters. The first-order valence-electron chi connectivity index (χ1n) is 9.04. The molecule has 4 aromatic carbocycles. The Morgan fingerprint density at radius 3 is 0.655 bits per heavy atom. The molecule has 0 aliphatic carbocycles. The van der Waals surface area contributed by atoms with Crippen molar-refractivity contribution in [1.29, 1.82) is 0 Å². The number of hydrogen-bond acceptors (Lipinski definition) is 0. The molecule has 4 rings (SSSR count). The summed E-state index contributed by atoms with van der Waals surface area (Å²) < 4.78 is 0. The average molecular weight is 458 g/mol. The first-order chi connectivity index (χ1) is 14.0. The molecule has 29 heavy (non-hydrogen) atoms. The van der Waals surface area contributed by atoms with E-state index in [-0.39, 0.29) is 0 Å². The van der Waals surface area contributed by atoms with Gasteiger partial charge < -0.3 is 0 Å². The Kier molecular flexibility index (Phi) is 5.90. The molecule has 0 heterocycles. The summed E-state index contributed by atoms with van der Waals surface area (Å²) in [5, 5.41) is 2.74. The Balaban J connectivity index is 2.11. The van der Waals surface area contributed by atoms with Crippen LogP contribution in [0.1, 0.15) is 22.3 Å². The van der Waals surface area contributed by atoms with Gasteiger partial charge in [0.25, 0.3) is 0 Å². The van der Waals surface area contributed by atoms with Crippen molar-refractivity contribution in [3.63, 3.8) is 0 Å². The van der Waals surface area contributed by atoms with Crippen LogP contribution in [0.5, 0.6) is 0 Å². The maximum absolute atomic E-state index is 6.21. The molecule has 0 aromatic heterocycles. The highest BCUT2D eigenvalue weighted by molar-refractivity contribution is 6.31. The van der Waals surface area contributed by atoms with Crippen LogP contribution < -0.4 is 0 Å². The topological polar surface area (TPSA) is 0 Å². The van der Waals surface area contributed by atoms with Gasteiger partial charge in [0, 0.05) is 20.1 Å². The van der Waals surface area contributed by atoms with Crippen LogP contribution in [0.2, 0.25) is 20.1 Å². The fourth-order valence-electron chi connectivity index (χ4n) is 3.80. The van der Waals surface area contributed by atoms with Crippen LogP contribution >= 0.6 is 46.4 Å². The van der Waals surface area contributed by atoms with Gasteiger partial charge in [-0.15, -0.1) is 0 Å². The van der Waals surface area contributed by atoms with Crippen LogP contribution in [-0.2, 0) is 5.41 Å². The molecule has 0 aliphatic heterocycles. The summed E-state index contributed by atoms with van der Waals surface area (Å²) in [6.07, 6.45) is 0. The zero-order chi connectivity index (χ0) is 20.4. The van der Waals surface area contributed by atoms with Crippen molar-refractivity contribution >= 4 is 46.4 Å². The van der Waals surface area contributed by atoms with Crippen molar-refractivity contribution in [2.45, 2.75) is 5.41 Å². The fraction of sp³-hybridized carbons (Fsp3) is 0.0400. The summed E-state index contributed by atoms with van der Waals surface area (Å²) in [5.41, 5.74) is 3.72. The van der Waals surface area contributed by atoms with E-state index in [2.05, 4.69) is 48.5 Å². The standard InChI is InChI=1S/C25H16Cl4/c26-21-9-1-17(2-10-21)25(18-3-11-22(27)12-4-18,19-5-13-23(28)14-6-19)20-7-15-24(29)16-8-20/h1-16H. The number of rotatable bonds is 4. The lowest BCUT2D eigenvalue weighted by Crippen LogP contribution is -2.31. The molecule has 0 spiro atoms. The number of halogens is 4. The van der Waals surface area contributed by atoms with Crippen LogP contribution in [0, 0.1) is 0 Å². The molecule has 0 amide bonds. The molecule has 0 saturated carbocycles. The first kappa shape index (κ1) is 20.3. The normalized spacial score (nSPS) is 11.4. The van der Waals surface area contributed by atoms with Crippen LogP contribution in [0.15, 0.2) is 97.1 Å². The zero-order valence-electron chi connectivity index (χ0n) is 15.2. The summed E-state index contributed by atoms with van der Waals surface area (Å²) in [4.78, 5) is 0. The second kappa shape index (κ2) is 8.42. The lowest BCUT2D eigenvalue weighted by molar-refractivity contribution is 0.745. The lowest BCUT2D eigenvalue weighted by atomic mass is 9.65. The predicted octanol–water partition coefficient (Wildman–Crippen LogP) is 8.68. The molecule has 0 bridgehead atoms. The highest BCUT2D eigenvalue weighted by Crippen LogP contribution is 2.46. The molecule has 4 heteroatoms. The van der Waals surface area contributed by atoms with Crippen molar-refractivity contribution < 1.29 is 0 Å². The third-order valence-electron chi connectivity index (χ3n) is 5.11. The third kappa shape index (κ3) is 3.91. The smallest absolute Gasteiger partial charge is 0.0701 e. The SMILES string of the molecule is Clc1ccc(C(c2ccc(Cl)cc2)(c2ccc(Cl)cc2)c2ccc(Cl)cc2)cc1. The highest BCUT2D eigenvalue weighted by atomic mass is 35.5. The summed E-state index contributed by atoms with van der Waals surface area (Å²) in [6, 6.07) is 31.7. The molecule has 0 nitrogen and oxygen atoms in total. The summed E-state index contributed by atoms with van der Waals surface area (Å²) >= 11 is 24.8. The van der Waals surface area contributed by atoms with E-state index in [4.69, 9.17) is 46.4 Å². The van der Waals surface area contributed by atoms with Gasteiger partial charge in [0.1, 0.15) is 0 Å². The van der Waals surface area contributed by atoms with Gasteiger partial charge in [0.15, 0.2) is 0 Å². The van der Waals surface area contributed by atoms with E-state index in [0.717, 1.165) is 22.3 Å². The maximum atomic E-state index is 6.21. The second-order valence-corrected chi connectivity index (χ2v) is 8.52. The van der Waals surface area contributed by atoms with Crippen molar-refractivity contribution in [2.24, 2.45) is 0 Å². The molecular formula is C25H16Cl4. The van der Waals surface area contributed by atoms with Crippen LogP contribution in [0.4, 0.5) is 0 Å². The lowest BCUT2D eigenvalue weighted by Gasteiger charge is -2.37. The van der Waals surface area contributed by atoms with E-state index in [1.165, 1.54) is 0 Å². The van der Waals surface area contributed by atoms with Gasteiger partial charge in [-0.1, -0.05) is 94.9 Å². The molecule has 0 aliphatic rings. The molecule has 0 fully saturated rings. The number of benzene rings is 4. The van der Waals surface area contributed by atoms with Gasteiger partial charge in [-0.3, -0.25) is 0 Å². The van der Waals surface area contributed by atoms with E-state index < -0.39 is 5.41 Å². The van der Waals surface area contributed by atoms with Crippen molar-refractivity contribution in [2.75, 3.05) is 0 Å². The molecule has 4 aromatic rings. The van der Waals surface area contributed by atoms with Gasteiger partial charge in [-0.2, -0.15) is 0 Å². The van der Waals surface area contributed by atoms with Crippen LogP contribution in [0.25, 0.3) is 0 Å². The van der Waals surface area contributed by atoms with E-state index in [9.17, 15) is 0 Å². The van der Waals surface area contributed by atoms with Gasteiger partial charge in [-0.05, 0) is 70.8 Å². The van der Waals surface area contributed by atoms with Crippen LogP contribution in [-0.4, -0.2) is 0 Å². The fourth-order valence-corrected chi connectivity index (χ4v) is 4.30. The third-order valence-corrected chi connectivity index (χ3v) is 6.12. The summed E-state index contributed by atoms with van der Waals surface area (Å²) in [5.74, 6) is 0. The average Bonchev–Trinajstić information content (AvgIpc) is 2.73. The Hall–Kier alpha value is -1.96. The summed E-state index contributed by atoms with van der Waals surface area (Å²) in [7, 11) is 0. The monoisotopic (exact) mass is 456 g/mol. The maximum Gasteiger partial charge on any atom is 0.0701 e. The minimum Gasteiger partial charge on any atom is -0.0843 e. The molecule has 0 saturated heterocycles. The Bertz CT molecular complexity index is 910. The first-order valence-corrected chi connectivity index (χ1v) is 10.6. The van der Waals surface area contributed by atoms with E-state index in [0.29, 0.717) is 20.1 Å². The minimum absolute atomic E-state index is 0.593. The van der Waals surface area contributed by atoms with Gasteiger partial charge >= 0.3 is 0 Å². The highest BCUT2D eigenvalue weighted by Gasteiger charge is 2.38. The Labute approximate surface area is 190 Å². The Morgan fingerprint density at radius 1 is 0.310 bits per heavy atom. The van der Waals surface area contributed by atoms with E-state index in [1.54, 1.807) is 0 Å². The van der Waals surface area contributed by atoms with Gasteiger partial charge in [-0.25, -0.2) is 0 Å². The predicted molar refractivity (Wildman–Crippen MR) is 125 cm³/mol. The van der Waals surface area contributed by atoms with Gasteiger partial charge in [0.2, 0.25) is 0 Å². The van der Waals surface area contributed by atoms with E-state index in [1.807, 2.05) is 48.5 Å². The molecular weight excluding hydrogens is 442 g/mol.